The number of benzene rings is 1. The van der Waals surface area contributed by atoms with Gasteiger partial charge in [-0.2, -0.15) is 0 Å². The molecule has 1 aromatic carbocycles. The van der Waals surface area contributed by atoms with Crippen LogP contribution in [0.15, 0.2) is 42.5 Å². The molecule has 0 saturated carbocycles. The average Bonchev–Trinajstić information content (AvgIpc) is 2.52. The molecule has 0 heterocycles. The van der Waals surface area contributed by atoms with Gasteiger partial charge < -0.3 is 9.84 Å². The van der Waals surface area contributed by atoms with Gasteiger partial charge in [0.2, 0.25) is 0 Å². The fraction of sp³-hybridized carbons (Fsp3) is 0.526. The third-order valence-electron chi connectivity index (χ3n) is 3.45. The topological polar surface area (TPSA) is 46.5 Å². The van der Waals surface area contributed by atoms with E-state index in [1.807, 2.05) is 18.2 Å². The van der Waals surface area contributed by atoms with Crippen molar-refractivity contribution in [3.05, 3.63) is 48.0 Å². The largest absolute Gasteiger partial charge is 0.481 e. The highest BCUT2D eigenvalue weighted by molar-refractivity contribution is 5.66. The number of rotatable bonds is 13. The molecule has 0 spiro atoms. The Bertz CT molecular complexity index is 412. The maximum Gasteiger partial charge on any atom is 0.303 e. The number of hydrogen-bond donors (Lipinski definition) is 1. The molecule has 0 amide bonds. The number of aliphatic carboxylic acids is 1. The van der Waals surface area contributed by atoms with Gasteiger partial charge in [-0.3, -0.25) is 4.79 Å². The Morgan fingerprint density at radius 1 is 0.955 bits per heavy atom. The van der Waals surface area contributed by atoms with Crippen molar-refractivity contribution >= 4 is 5.97 Å². The standard InChI is InChI=1S/C19H28O3/c20-19(21)15-11-6-4-2-1-3-5-7-12-16-22-17-18-13-9-8-10-14-18/h1-2,8-10,13-14H,3-7,11-12,15-17H2,(H,20,21)/b2-1+. The fourth-order valence-corrected chi connectivity index (χ4v) is 2.18. The van der Waals surface area contributed by atoms with E-state index < -0.39 is 5.97 Å². The molecule has 122 valence electrons. The summed E-state index contributed by atoms with van der Waals surface area (Å²) in [5.41, 5.74) is 1.23. The maximum atomic E-state index is 10.3. The Kier molecular flexibility index (Phi) is 11.0. The SMILES string of the molecule is O=C(O)CCCC/C=C/CCCCCOCc1ccccc1. The van der Waals surface area contributed by atoms with Gasteiger partial charge in [0.25, 0.3) is 0 Å². The monoisotopic (exact) mass is 304 g/mol. The van der Waals surface area contributed by atoms with Crippen LogP contribution in [0.1, 0.15) is 56.9 Å². The maximum absolute atomic E-state index is 10.3. The minimum Gasteiger partial charge on any atom is -0.481 e. The molecule has 1 N–H and O–H groups in total. The molecule has 1 aromatic rings. The molecule has 0 unspecified atom stereocenters. The van der Waals surface area contributed by atoms with Crippen LogP contribution in [0.5, 0.6) is 0 Å². The first kappa shape index (κ1) is 18.4. The molecule has 0 fully saturated rings. The zero-order valence-electron chi connectivity index (χ0n) is 13.4. The van der Waals surface area contributed by atoms with Gasteiger partial charge in [0.15, 0.2) is 0 Å². The molecule has 0 aliphatic carbocycles. The van der Waals surface area contributed by atoms with Crippen LogP contribution in [0, 0.1) is 0 Å². The van der Waals surface area contributed by atoms with Crippen molar-refractivity contribution < 1.29 is 14.6 Å². The van der Waals surface area contributed by atoms with Gasteiger partial charge >= 0.3 is 5.97 Å². The lowest BCUT2D eigenvalue weighted by molar-refractivity contribution is -0.137. The van der Waals surface area contributed by atoms with Crippen LogP contribution in [0.3, 0.4) is 0 Å². The Morgan fingerprint density at radius 2 is 1.64 bits per heavy atom. The number of carbonyl (C=O) groups is 1. The van der Waals surface area contributed by atoms with Crippen LogP contribution in [0.4, 0.5) is 0 Å². The molecule has 0 atom stereocenters. The summed E-state index contributed by atoms with van der Waals surface area (Å²) in [6.07, 6.45) is 12.0. The Labute approximate surface area is 134 Å². The average molecular weight is 304 g/mol. The second-order valence-corrected chi connectivity index (χ2v) is 5.50. The van der Waals surface area contributed by atoms with Crippen molar-refractivity contribution in [2.75, 3.05) is 6.61 Å². The van der Waals surface area contributed by atoms with E-state index in [2.05, 4.69) is 24.3 Å². The quantitative estimate of drug-likeness (QED) is 0.413. The minimum absolute atomic E-state index is 0.289. The van der Waals surface area contributed by atoms with Gasteiger partial charge in [0.05, 0.1) is 6.61 Å². The molecule has 0 bridgehead atoms. The van der Waals surface area contributed by atoms with Gasteiger partial charge in [0.1, 0.15) is 0 Å². The van der Waals surface area contributed by atoms with E-state index in [0.29, 0.717) is 6.61 Å². The van der Waals surface area contributed by atoms with Crippen LogP contribution in [0.2, 0.25) is 0 Å². The number of hydrogen-bond acceptors (Lipinski definition) is 2. The van der Waals surface area contributed by atoms with Crippen molar-refractivity contribution in [2.45, 2.75) is 58.0 Å². The molecule has 0 aliphatic heterocycles. The van der Waals surface area contributed by atoms with Gasteiger partial charge in [0, 0.05) is 13.0 Å². The predicted octanol–water partition coefficient (Wildman–Crippen LogP) is 4.96. The Hall–Kier alpha value is -1.61. The summed E-state index contributed by atoms with van der Waals surface area (Å²) in [5.74, 6) is -0.696. The summed E-state index contributed by atoms with van der Waals surface area (Å²) in [6, 6.07) is 10.3. The van der Waals surface area contributed by atoms with Crippen molar-refractivity contribution in [3.8, 4) is 0 Å². The highest BCUT2D eigenvalue weighted by atomic mass is 16.5. The van der Waals surface area contributed by atoms with Gasteiger partial charge in [-0.05, 0) is 44.1 Å². The van der Waals surface area contributed by atoms with E-state index >= 15 is 0 Å². The predicted molar refractivity (Wildman–Crippen MR) is 89.8 cm³/mol. The summed E-state index contributed by atoms with van der Waals surface area (Å²) < 4.78 is 5.65. The smallest absolute Gasteiger partial charge is 0.303 e. The molecule has 0 aliphatic rings. The first-order valence-corrected chi connectivity index (χ1v) is 8.27. The lowest BCUT2D eigenvalue weighted by Crippen LogP contribution is -1.95. The summed E-state index contributed by atoms with van der Waals surface area (Å²) in [6.45, 7) is 1.53. The molecule has 0 saturated heterocycles. The van der Waals surface area contributed by atoms with E-state index in [-0.39, 0.29) is 6.42 Å². The number of unbranched alkanes of at least 4 members (excludes halogenated alkanes) is 5. The zero-order valence-corrected chi connectivity index (χ0v) is 13.4. The second-order valence-electron chi connectivity index (χ2n) is 5.50. The highest BCUT2D eigenvalue weighted by Crippen LogP contribution is 2.06. The number of carboxylic acids is 1. The summed E-state index contributed by atoms with van der Waals surface area (Å²) in [4.78, 5) is 10.3. The highest BCUT2D eigenvalue weighted by Gasteiger charge is 1.94. The molecule has 1 rings (SSSR count). The van der Waals surface area contributed by atoms with Gasteiger partial charge in [-0.1, -0.05) is 48.9 Å². The Morgan fingerprint density at radius 3 is 2.32 bits per heavy atom. The lowest BCUT2D eigenvalue weighted by atomic mass is 10.1. The van der Waals surface area contributed by atoms with Crippen LogP contribution in [-0.4, -0.2) is 17.7 Å². The molecule has 22 heavy (non-hydrogen) atoms. The normalized spacial score (nSPS) is 11.1. The molecule has 0 radical (unpaired) electrons. The van der Waals surface area contributed by atoms with Crippen LogP contribution in [-0.2, 0) is 16.1 Å². The zero-order chi connectivity index (χ0) is 15.9. The minimum atomic E-state index is -0.696. The second kappa shape index (κ2) is 13.1. The van der Waals surface area contributed by atoms with Crippen LogP contribution < -0.4 is 0 Å². The summed E-state index contributed by atoms with van der Waals surface area (Å²) in [5, 5.41) is 8.51. The van der Waals surface area contributed by atoms with Crippen molar-refractivity contribution in [1.82, 2.24) is 0 Å². The van der Waals surface area contributed by atoms with Crippen molar-refractivity contribution in [1.29, 1.82) is 0 Å². The van der Waals surface area contributed by atoms with Gasteiger partial charge in [-0.15, -0.1) is 0 Å². The summed E-state index contributed by atoms with van der Waals surface area (Å²) >= 11 is 0. The lowest BCUT2D eigenvalue weighted by Gasteiger charge is -2.03. The van der Waals surface area contributed by atoms with Crippen molar-refractivity contribution in [3.63, 3.8) is 0 Å². The number of carboxylic acid groups (broad SMARTS) is 1. The van der Waals surface area contributed by atoms with Crippen LogP contribution in [0.25, 0.3) is 0 Å². The molecule has 0 aromatic heterocycles. The third kappa shape index (κ3) is 11.1. The first-order chi connectivity index (χ1) is 10.8. The Balaban J connectivity index is 1.82. The number of allylic oxidation sites excluding steroid dienone is 2. The van der Waals surface area contributed by atoms with Gasteiger partial charge in [-0.25, -0.2) is 0 Å². The van der Waals surface area contributed by atoms with E-state index in [9.17, 15) is 4.79 Å². The summed E-state index contributed by atoms with van der Waals surface area (Å²) in [7, 11) is 0. The molecular formula is C19H28O3. The van der Waals surface area contributed by atoms with E-state index in [0.717, 1.165) is 38.7 Å². The molecule has 3 nitrogen and oxygen atoms in total. The third-order valence-corrected chi connectivity index (χ3v) is 3.45. The first-order valence-electron chi connectivity index (χ1n) is 8.27. The number of ether oxygens (including phenoxy) is 1. The van der Waals surface area contributed by atoms with Crippen LogP contribution >= 0.6 is 0 Å². The molecular weight excluding hydrogens is 276 g/mol. The fourth-order valence-electron chi connectivity index (χ4n) is 2.18. The van der Waals surface area contributed by atoms with E-state index in [1.54, 1.807) is 0 Å². The molecule has 3 heteroatoms. The van der Waals surface area contributed by atoms with Crippen molar-refractivity contribution in [2.24, 2.45) is 0 Å². The van der Waals surface area contributed by atoms with E-state index in [1.165, 1.54) is 18.4 Å². The van der Waals surface area contributed by atoms with E-state index in [4.69, 9.17) is 9.84 Å².